The van der Waals surface area contributed by atoms with E-state index in [1.54, 1.807) is 11.1 Å². The number of aromatic nitrogens is 4. The maximum absolute atomic E-state index is 12.5. The minimum Gasteiger partial charge on any atom is -0.352 e. The van der Waals surface area contributed by atoms with Gasteiger partial charge in [0.05, 0.1) is 17.5 Å². The van der Waals surface area contributed by atoms with E-state index in [4.69, 9.17) is 0 Å². The zero-order valence-corrected chi connectivity index (χ0v) is 17.1. The SMILES string of the molecule is Cc1nc(N(C)C)ncc1C(=O)NC[C@@H]1CCC[C@H](NC(=O)c2cnccn2)C1. The van der Waals surface area contributed by atoms with Gasteiger partial charge in [-0.1, -0.05) is 6.42 Å². The van der Waals surface area contributed by atoms with E-state index in [0.29, 0.717) is 35.4 Å². The Morgan fingerprint density at radius 2 is 1.97 bits per heavy atom. The smallest absolute Gasteiger partial charge is 0.271 e. The molecule has 0 aliphatic heterocycles. The third kappa shape index (κ3) is 5.46. The third-order valence-electron chi connectivity index (χ3n) is 5.08. The van der Waals surface area contributed by atoms with E-state index in [9.17, 15) is 9.59 Å². The minimum absolute atomic E-state index is 0.0737. The summed E-state index contributed by atoms with van der Waals surface area (Å²) >= 11 is 0. The van der Waals surface area contributed by atoms with Gasteiger partial charge in [-0.2, -0.15) is 0 Å². The first-order valence-electron chi connectivity index (χ1n) is 9.80. The van der Waals surface area contributed by atoms with Crippen molar-refractivity contribution in [3.05, 3.63) is 41.7 Å². The van der Waals surface area contributed by atoms with Crippen LogP contribution in [0.25, 0.3) is 0 Å². The third-order valence-corrected chi connectivity index (χ3v) is 5.08. The molecule has 0 unspecified atom stereocenters. The molecule has 29 heavy (non-hydrogen) atoms. The zero-order chi connectivity index (χ0) is 20.8. The van der Waals surface area contributed by atoms with Crippen molar-refractivity contribution in [3.8, 4) is 0 Å². The lowest BCUT2D eigenvalue weighted by atomic mass is 9.85. The van der Waals surface area contributed by atoms with Crippen molar-refractivity contribution in [2.75, 3.05) is 25.5 Å². The van der Waals surface area contributed by atoms with E-state index in [0.717, 1.165) is 25.7 Å². The molecule has 0 spiro atoms. The summed E-state index contributed by atoms with van der Waals surface area (Å²) in [5.41, 5.74) is 1.46. The molecule has 1 saturated carbocycles. The predicted molar refractivity (Wildman–Crippen MR) is 109 cm³/mol. The van der Waals surface area contributed by atoms with E-state index in [1.807, 2.05) is 21.0 Å². The standard InChI is InChI=1S/C20H27N7O2/c1-13-16(11-24-20(25-13)27(2)3)18(28)23-10-14-5-4-6-15(9-14)26-19(29)17-12-21-7-8-22-17/h7-8,11-12,14-15H,4-6,9-10H2,1-3H3,(H,23,28)(H,26,29)/t14-,15+/m1/s1. The van der Waals surface area contributed by atoms with E-state index in [2.05, 4.69) is 30.6 Å². The van der Waals surface area contributed by atoms with Crippen molar-refractivity contribution < 1.29 is 9.59 Å². The summed E-state index contributed by atoms with van der Waals surface area (Å²) in [6.07, 6.45) is 9.84. The summed E-state index contributed by atoms with van der Waals surface area (Å²) < 4.78 is 0. The Bertz CT molecular complexity index is 857. The first-order valence-corrected chi connectivity index (χ1v) is 9.80. The topological polar surface area (TPSA) is 113 Å². The lowest BCUT2D eigenvalue weighted by Gasteiger charge is -2.29. The number of aryl methyl sites for hydroxylation is 1. The van der Waals surface area contributed by atoms with Gasteiger partial charge in [-0.3, -0.25) is 14.6 Å². The molecule has 2 N–H and O–H groups in total. The van der Waals surface area contributed by atoms with Gasteiger partial charge in [-0.15, -0.1) is 0 Å². The average Bonchev–Trinajstić information content (AvgIpc) is 2.72. The highest BCUT2D eigenvalue weighted by atomic mass is 16.2. The van der Waals surface area contributed by atoms with Crippen molar-refractivity contribution in [1.29, 1.82) is 0 Å². The normalized spacial score (nSPS) is 18.7. The van der Waals surface area contributed by atoms with Gasteiger partial charge in [0.2, 0.25) is 5.95 Å². The number of nitrogens with one attached hydrogen (secondary N) is 2. The number of amides is 2. The van der Waals surface area contributed by atoms with Crippen LogP contribution < -0.4 is 15.5 Å². The molecule has 154 valence electrons. The Morgan fingerprint density at radius 1 is 1.14 bits per heavy atom. The number of hydrogen-bond acceptors (Lipinski definition) is 7. The van der Waals surface area contributed by atoms with Gasteiger partial charge in [0.25, 0.3) is 11.8 Å². The van der Waals surface area contributed by atoms with Crippen molar-refractivity contribution in [1.82, 2.24) is 30.6 Å². The first kappa shape index (κ1) is 20.6. The maximum Gasteiger partial charge on any atom is 0.271 e. The molecule has 1 aliphatic rings. The van der Waals surface area contributed by atoms with E-state index < -0.39 is 0 Å². The Balaban J connectivity index is 1.51. The van der Waals surface area contributed by atoms with Crippen LogP contribution >= 0.6 is 0 Å². The molecule has 9 nitrogen and oxygen atoms in total. The van der Waals surface area contributed by atoms with Crippen molar-refractivity contribution in [2.24, 2.45) is 5.92 Å². The zero-order valence-electron chi connectivity index (χ0n) is 17.1. The molecular weight excluding hydrogens is 370 g/mol. The molecule has 2 aromatic rings. The van der Waals surface area contributed by atoms with E-state index >= 15 is 0 Å². The number of carbonyl (C=O) groups excluding carboxylic acids is 2. The number of carbonyl (C=O) groups is 2. The summed E-state index contributed by atoms with van der Waals surface area (Å²) in [7, 11) is 3.72. The summed E-state index contributed by atoms with van der Waals surface area (Å²) in [5.74, 6) is 0.509. The number of nitrogens with zero attached hydrogens (tertiary/aromatic N) is 5. The lowest BCUT2D eigenvalue weighted by molar-refractivity contribution is 0.0897. The monoisotopic (exact) mass is 397 g/mol. The van der Waals surface area contributed by atoms with E-state index in [-0.39, 0.29) is 17.9 Å². The Morgan fingerprint density at radius 3 is 2.66 bits per heavy atom. The molecule has 0 aromatic carbocycles. The molecule has 2 heterocycles. The van der Waals surface area contributed by atoms with Crippen molar-refractivity contribution >= 4 is 17.8 Å². The highest BCUT2D eigenvalue weighted by Crippen LogP contribution is 2.24. The minimum atomic E-state index is -0.207. The van der Waals surface area contributed by atoms with Gasteiger partial charge in [-0.25, -0.2) is 15.0 Å². The van der Waals surface area contributed by atoms with Crippen LogP contribution in [0.5, 0.6) is 0 Å². The largest absolute Gasteiger partial charge is 0.352 e. The van der Waals surface area contributed by atoms with Crippen LogP contribution in [0.2, 0.25) is 0 Å². The highest BCUT2D eigenvalue weighted by Gasteiger charge is 2.25. The van der Waals surface area contributed by atoms with E-state index in [1.165, 1.54) is 18.6 Å². The maximum atomic E-state index is 12.5. The Kier molecular flexibility index (Phi) is 6.69. The molecule has 0 radical (unpaired) electrons. The number of rotatable bonds is 6. The highest BCUT2D eigenvalue weighted by molar-refractivity contribution is 5.95. The van der Waals surface area contributed by atoms with Gasteiger partial charge in [0.15, 0.2) is 0 Å². The van der Waals surface area contributed by atoms with Crippen LogP contribution in [0.15, 0.2) is 24.8 Å². The van der Waals surface area contributed by atoms with Gasteiger partial charge < -0.3 is 15.5 Å². The van der Waals surface area contributed by atoms with Crippen LogP contribution in [0.3, 0.4) is 0 Å². The summed E-state index contributed by atoms with van der Waals surface area (Å²) in [4.78, 5) is 43.2. The van der Waals surface area contributed by atoms with Gasteiger partial charge >= 0.3 is 0 Å². The summed E-state index contributed by atoms with van der Waals surface area (Å²) in [6, 6.07) is 0.0737. The lowest BCUT2D eigenvalue weighted by Crippen LogP contribution is -2.41. The Hall–Kier alpha value is -3.10. The van der Waals surface area contributed by atoms with Crippen LogP contribution in [-0.2, 0) is 0 Å². The van der Waals surface area contributed by atoms with Crippen LogP contribution in [0, 0.1) is 12.8 Å². The Labute approximate surface area is 170 Å². The molecular formula is C20H27N7O2. The summed E-state index contributed by atoms with van der Waals surface area (Å²) in [5, 5.41) is 6.03. The first-order chi connectivity index (χ1) is 13.9. The van der Waals surface area contributed by atoms with Crippen LogP contribution in [-0.4, -0.2) is 58.4 Å². The average molecular weight is 397 g/mol. The fraction of sp³-hybridized carbons (Fsp3) is 0.500. The molecule has 2 aromatic heterocycles. The van der Waals surface area contributed by atoms with Gasteiger partial charge in [-0.05, 0) is 32.1 Å². The quantitative estimate of drug-likeness (QED) is 0.757. The molecule has 1 aliphatic carbocycles. The second-order valence-electron chi connectivity index (χ2n) is 7.57. The molecule has 2 atom stereocenters. The molecule has 0 saturated heterocycles. The molecule has 9 heteroatoms. The molecule has 3 rings (SSSR count). The molecule has 1 fully saturated rings. The predicted octanol–water partition coefficient (Wildman–Crippen LogP) is 1.36. The summed E-state index contributed by atoms with van der Waals surface area (Å²) in [6.45, 7) is 2.37. The number of hydrogen-bond donors (Lipinski definition) is 2. The van der Waals surface area contributed by atoms with Crippen molar-refractivity contribution in [2.45, 2.75) is 38.6 Å². The molecule has 2 amide bonds. The van der Waals surface area contributed by atoms with Gasteiger partial charge in [0, 0.05) is 45.3 Å². The van der Waals surface area contributed by atoms with Crippen LogP contribution in [0.4, 0.5) is 5.95 Å². The number of anilines is 1. The molecule has 0 bridgehead atoms. The van der Waals surface area contributed by atoms with Crippen LogP contribution in [0.1, 0.15) is 52.2 Å². The van der Waals surface area contributed by atoms with Gasteiger partial charge in [0.1, 0.15) is 5.69 Å². The fourth-order valence-electron chi connectivity index (χ4n) is 3.51. The second kappa shape index (κ2) is 9.40. The van der Waals surface area contributed by atoms with Crippen molar-refractivity contribution in [3.63, 3.8) is 0 Å². The second-order valence-corrected chi connectivity index (χ2v) is 7.57. The fourth-order valence-corrected chi connectivity index (χ4v) is 3.51.